The van der Waals surface area contributed by atoms with E-state index >= 15 is 0 Å². The topological polar surface area (TPSA) is 21.3 Å². The van der Waals surface area contributed by atoms with Crippen molar-refractivity contribution in [3.8, 4) is 5.75 Å². The first kappa shape index (κ1) is 13.4. The standard InChI is InChI=1S/C16H25NO/c1-14-7-5-6-8-15(14)13-17-11-12-18-16-9-3-2-4-10-16/h2-4,9-10,14-15,17H,5-8,11-13H2,1H3. The van der Waals surface area contributed by atoms with Gasteiger partial charge in [0.1, 0.15) is 12.4 Å². The van der Waals surface area contributed by atoms with Crippen molar-refractivity contribution in [1.29, 1.82) is 0 Å². The van der Waals surface area contributed by atoms with Gasteiger partial charge in [0, 0.05) is 6.54 Å². The Labute approximate surface area is 111 Å². The summed E-state index contributed by atoms with van der Waals surface area (Å²) in [5.41, 5.74) is 0. The molecule has 0 amide bonds. The van der Waals surface area contributed by atoms with Crippen LogP contribution < -0.4 is 10.1 Å². The molecular weight excluding hydrogens is 222 g/mol. The average Bonchev–Trinajstić information content (AvgIpc) is 2.42. The Hall–Kier alpha value is -1.02. The molecular formula is C16H25NO. The van der Waals surface area contributed by atoms with E-state index in [9.17, 15) is 0 Å². The summed E-state index contributed by atoms with van der Waals surface area (Å²) in [6, 6.07) is 10.0. The summed E-state index contributed by atoms with van der Waals surface area (Å²) in [6.45, 7) is 5.24. The number of nitrogens with one attached hydrogen (secondary N) is 1. The quantitative estimate of drug-likeness (QED) is 0.777. The fourth-order valence-electron chi connectivity index (χ4n) is 2.74. The molecule has 1 aliphatic carbocycles. The molecule has 2 unspecified atom stereocenters. The van der Waals surface area contributed by atoms with Crippen LogP contribution in [0.2, 0.25) is 0 Å². The van der Waals surface area contributed by atoms with Crippen molar-refractivity contribution in [2.24, 2.45) is 11.8 Å². The van der Waals surface area contributed by atoms with Crippen molar-refractivity contribution in [1.82, 2.24) is 5.32 Å². The fourth-order valence-corrected chi connectivity index (χ4v) is 2.74. The molecule has 1 aliphatic rings. The smallest absolute Gasteiger partial charge is 0.119 e. The molecule has 0 aromatic heterocycles. The van der Waals surface area contributed by atoms with E-state index in [4.69, 9.17) is 4.74 Å². The Bertz CT molecular complexity index is 325. The van der Waals surface area contributed by atoms with Gasteiger partial charge in [-0.25, -0.2) is 0 Å². The summed E-state index contributed by atoms with van der Waals surface area (Å²) < 4.78 is 5.66. The van der Waals surface area contributed by atoms with Crippen LogP contribution in [0.25, 0.3) is 0 Å². The van der Waals surface area contributed by atoms with Gasteiger partial charge >= 0.3 is 0 Å². The van der Waals surface area contributed by atoms with Crippen molar-refractivity contribution < 1.29 is 4.74 Å². The minimum atomic E-state index is 0.755. The zero-order valence-corrected chi connectivity index (χ0v) is 11.4. The zero-order valence-electron chi connectivity index (χ0n) is 11.4. The molecule has 1 N–H and O–H groups in total. The lowest BCUT2D eigenvalue weighted by Gasteiger charge is -2.28. The van der Waals surface area contributed by atoms with E-state index in [0.717, 1.165) is 37.3 Å². The lowest BCUT2D eigenvalue weighted by molar-refractivity contribution is 0.239. The first-order chi connectivity index (χ1) is 8.86. The Morgan fingerprint density at radius 3 is 2.72 bits per heavy atom. The molecule has 18 heavy (non-hydrogen) atoms. The number of benzene rings is 1. The van der Waals surface area contributed by atoms with E-state index in [1.54, 1.807) is 0 Å². The monoisotopic (exact) mass is 247 g/mol. The molecule has 1 fully saturated rings. The minimum Gasteiger partial charge on any atom is -0.492 e. The molecule has 2 rings (SSSR count). The van der Waals surface area contributed by atoms with E-state index in [2.05, 4.69) is 12.2 Å². The summed E-state index contributed by atoms with van der Waals surface area (Å²) in [5.74, 6) is 2.72. The summed E-state index contributed by atoms with van der Waals surface area (Å²) in [7, 11) is 0. The van der Waals surface area contributed by atoms with Crippen molar-refractivity contribution in [2.75, 3.05) is 19.7 Å². The van der Waals surface area contributed by atoms with E-state index in [1.807, 2.05) is 30.3 Å². The molecule has 0 radical (unpaired) electrons. The highest BCUT2D eigenvalue weighted by atomic mass is 16.5. The number of hydrogen-bond donors (Lipinski definition) is 1. The minimum absolute atomic E-state index is 0.755. The Morgan fingerprint density at radius 2 is 1.94 bits per heavy atom. The van der Waals surface area contributed by atoms with Gasteiger partial charge in [-0.15, -0.1) is 0 Å². The van der Waals surface area contributed by atoms with Crippen molar-refractivity contribution in [3.63, 3.8) is 0 Å². The summed E-state index contributed by atoms with van der Waals surface area (Å²) in [5, 5.41) is 3.53. The average molecular weight is 247 g/mol. The van der Waals surface area contributed by atoms with E-state index in [0.29, 0.717) is 0 Å². The van der Waals surface area contributed by atoms with Crippen LogP contribution in [0, 0.1) is 11.8 Å². The molecule has 1 saturated carbocycles. The molecule has 1 aromatic rings. The van der Waals surface area contributed by atoms with Gasteiger partial charge < -0.3 is 10.1 Å². The van der Waals surface area contributed by atoms with Crippen LogP contribution in [0.4, 0.5) is 0 Å². The van der Waals surface area contributed by atoms with E-state index < -0.39 is 0 Å². The number of hydrogen-bond acceptors (Lipinski definition) is 2. The van der Waals surface area contributed by atoms with Gasteiger partial charge in [0.15, 0.2) is 0 Å². The number of para-hydroxylation sites is 1. The van der Waals surface area contributed by atoms with Gasteiger partial charge in [0.25, 0.3) is 0 Å². The van der Waals surface area contributed by atoms with Crippen LogP contribution in [-0.2, 0) is 0 Å². The van der Waals surface area contributed by atoms with Crippen molar-refractivity contribution in [2.45, 2.75) is 32.6 Å². The summed E-state index contributed by atoms with van der Waals surface area (Å²) in [6.07, 6.45) is 5.65. The SMILES string of the molecule is CC1CCCCC1CNCCOc1ccccc1. The van der Waals surface area contributed by atoms with Crippen LogP contribution in [0.15, 0.2) is 30.3 Å². The summed E-state index contributed by atoms with van der Waals surface area (Å²) in [4.78, 5) is 0. The van der Waals surface area contributed by atoms with Crippen molar-refractivity contribution in [3.05, 3.63) is 30.3 Å². The molecule has 2 nitrogen and oxygen atoms in total. The predicted octanol–water partition coefficient (Wildman–Crippen LogP) is 3.48. The second-order valence-corrected chi connectivity index (χ2v) is 5.39. The Morgan fingerprint density at radius 1 is 1.17 bits per heavy atom. The van der Waals surface area contributed by atoms with Gasteiger partial charge in [-0.05, 0) is 36.9 Å². The van der Waals surface area contributed by atoms with Crippen molar-refractivity contribution >= 4 is 0 Å². The maximum Gasteiger partial charge on any atom is 0.119 e. The molecule has 2 heteroatoms. The molecule has 100 valence electrons. The largest absolute Gasteiger partial charge is 0.492 e. The molecule has 1 aromatic carbocycles. The third-order valence-electron chi connectivity index (χ3n) is 3.99. The lowest BCUT2D eigenvalue weighted by Crippen LogP contribution is -2.31. The third-order valence-corrected chi connectivity index (χ3v) is 3.99. The second kappa shape index (κ2) is 7.42. The molecule has 0 bridgehead atoms. The maximum atomic E-state index is 5.66. The molecule has 0 aliphatic heterocycles. The highest BCUT2D eigenvalue weighted by Gasteiger charge is 2.20. The molecule has 2 atom stereocenters. The fraction of sp³-hybridized carbons (Fsp3) is 0.625. The van der Waals surface area contributed by atoms with Gasteiger partial charge in [0.2, 0.25) is 0 Å². The normalized spacial score (nSPS) is 23.8. The number of ether oxygens (including phenoxy) is 1. The first-order valence-corrected chi connectivity index (χ1v) is 7.25. The number of rotatable bonds is 6. The predicted molar refractivity (Wildman–Crippen MR) is 75.9 cm³/mol. The van der Waals surface area contributed by atoms with E-state index in [1.165, 1.54) is 25.7 Å². The van der Waals surface area contributed by atoms with E-state index in [-0.39, 0.29) is 0 Å². The zero-order chi connectivity index (χ0) is 12.6. The van der Waals surface area contributed by atoms with Crippen LogP contribution in [0.1, 0.15) is 32.6 Å². The van der Waals surface area contributed by atoms with Crippen LogP contribution in [-0.4, -0.2) is 19.7 Å². The lowest BCUT2D eigenvalue weighted by atomic mass is 9.80. The van der Waals surface area contributed by atoms with Gasteiger partial charge in [-0.3, -0.25) is 0 Å². The Balaban J connectivity index is 1.56. The van der Waals surface area contributed by atoms with Crippen LogP contribution in [0.5, 0.6) is 5.75 Å². The highest BCUT2D eigenvalue weighted by Crippen LogP contribution is 2.28. The summed E-state index contributed by atoms with van der Waals surface area (Å²) >= 11 is 0. The molecule has 0 heterocycles. The maximum absolute atomic E-state index is 5.66. The first-order valence-electron chi connectivity index (χ1n) is 7.25. The van der Waals surface area contributed by atoms with Crippen LogP contribution >= 0.6 is 0 Å². The van der Waals surface area contributed by atoms with Gasteiger partial charge in [0.05, 0.1) is 0 Å². The van der Waals surface area contributed by atoms with Gasteiger partial charge in [-0.2, -0.15) is 0 Å². The molecule has 0 saturated heterocycles. The highest BCUT2D eigenvalue weighted by molar-refractivity contribution is 5.20. The van der Waals surface area contributed by atoms with Crippen LogP contribution in [0.3, 0.4) is 0 Å². The molecule has 0 spiro atoms. The second-order valence-electron chi connectivity index (χ2n) is 5.39. The Kier molecular flexibility index (Phi) is 5.53. The van der Waals surface area contributed by atoms with Gasteiger partial charge in [-0.1, -0.05) is 44.4 Å². The third kappa shape index (κ3) is 4.34.